The van der Waals surface area contributed by atoms with Crippen LogP contribution in [-0.2, 0) is 22.6 Å². The lowest BCUT2D eigenvalue weighted by atomic mass is 10.1. The van der Waals surface area contributed by atoms with Gasteiger partial charge in [-0.2, -0.15) is 0 Å². The van der Waals surface area contributed by atoms with Crippen molar-refractivity contribution in [2.75, 3.05) is 13.7 Å². The minimum absolute atomic E-state index is 0.141. The molecule has 1 aromatic heterocycles. The minimum atomic E-state index is -0.678. The molecule has 3 aromatic rings. The average Bonchev–Trinajstić information content (AvgIpc) is 3.35. The van der Waals surface area contributed by atoms with Crippen LogP contribution in [0.4, 0.5) is 4.79 Å². The van der Waals surface area contributed by atoms with Gasteiger partial charge >= 0.3 is 6.03 Å². The molecule has 1 atom stereocenters. The van der Waals surface area contributed by atoms with Gasteiger partial charge in [-0.15, -0.1) is 0 Å². The second-order valence-electron chi connectivity index (χ2n) is 7.73. The molecule has 32 heavy (non-hydrogen) atoms. The first-order valence-electron chi connectivity index (χ1n) is 10.6. The molecule has 1 aliphatic heterocycles. The van der Waals surface area contributed by atoms with Gasteiger partial charge in [-0.05, 0) is 30.5 Å². The molecular weight excluding hydrogens is 408 g/mol. The van der Waals surface area contributed by atoms with Crippen LogP contribution in [0.25, 0.3) is 10.9 Å². The summed E-state index contributed by atoms with van der Waals surface area (Å²) >= 11 is 0. The van der Waals surface area contributed by atoms with E-state index in [4.69, 9.17) is 4.74 Å². The Bertz CT molecular complexity index is 1140. The molecule has 1 fully saturated rings. The number of rotatable bonds is 9. The number of nitrogens with zero attached hydrogens (tertiary/aromatic N) is 1. The number of carbonyl (C=O) groups excluding carboxylic acids is 3. The highest BCUT2D eigenvalue weighted by molar-refractivity contribution is 6.04. The monoisotopic (exact) mass is 434 g/mol. The number of carbonyl (C=O) groups is 3. The van der Waals surface area contributed by atoms with E-state index in [-0.39, 0.29) is 24.7 Å². The highest BCUT2D eigenvalue weighted by Crippen LogP contribution is 2.20. The summed E-state index contributed by atoms with van der Waals surface area (Å²) in [5.41, 5.74) is 2.95. The SMILES string of the molecule is COc1ccccc1CNC(=O)CC[C@H]1NC(=O)N(CCc2c[nH]c3ccccc23)C1=O. The number of amides is 4. The normalized spacial score (nSPS) is 15.8. The number of aromatic nitrogens is 1. The van der Waals surface area contributed by atoms with Crippen LogP contribution in [0, 0.1) is 0 Å². The van der Waals surface area contributed by atoms with Gasteiger partial charge in [0.1, 0.15) is 11.8 Å². The zero-order valence-corrected chi connectivity index (χ0v) is 17.9. The van der Waals surface area contributed by atoms with Crippen molar-refractivity contribution < 1.29 is 19.1 Å². The number of ether oxygens (including phenoxy) is 1. The topological polar surface area (TPSA) is 104 Å². The number of benzene rings is 2. The molecule has 0 saturated carbocycles. The van der Waals surface area contributed by atoms with E-state index in [1.165, 1.54) is 4.90 Å². The summed E-state index contributed by atoms with van der Waals surface area (Å²) in [7, 11) is 1.58. The third kappa shape index (κ3) is 4.59. The fraction of sp³-hybridized carbons (Fsp3) is 0.292. The summed E-state index contributed by atoms with van der Waals surface area (Å²) in [5, 5.41) is 6.62. The number of aromatic amines is 1. The first-order valence-corrected chi connectivity index (χ1v) is 10.6. The number of H-pyrrole nitrogens is 1. The van der Waals surface area contributed by atoms with Gasteiger partial charge in [-0.25, -0.2) is 4.79 Å². The van der Waals surface area contributed by atoms with Gasteiger partial charge in [-0.1, -0.05) is 36.4 Å². The summed E-state index contributed by atoms with van der Waals surface area (Å²) in [6.07, 6.45) is 2.87. The van der Waals surface area contributed by atoms with Crippen LogP contribution in [0.5, 0.6) is 5.75 Å². The third-order valence-corrected chi connectivity index (χ3v) is 5.72. The number of fused-ring (bicyclic) bond motifs is 1. The number of nitrogens with one attached hydrogen (secondary N) is 3. The van der Waals surface area contributed by atoms with E-state index in [2.05, 4.69) is 15.6 Å². The smallest absolute Gasteiger partial charge is 0.324 e. The minimum Gasteiger partial charge on any atom is -0.496 e. The van der Waals surface area contributed by atoms with Crippen molar-refractivity contribution in [2.24, 2.45) is 0 Å². The van der Waals surface area contributed by atoms with Crippen LogP contribution in [0.2, 0.25) is 0 Å². The van der Waals surface area contributed by atoms with Crippen LogP contribution in [-0.4, -0.2) is 47.4 Å². The van der Waals surface area contributed by atoms with Gasteiger partial charge in [0.05, 0.1) is 7.11 Å². The Hall–Kier alpha value is -3.81. The zero-order chi connectivity index (χ0) is 22.5. The average molecular weight is 434 g/mol. The highest BCUT2D eigenvalue weighted by atomic mass is 16.5. The number of urea groups is 1. The molecule has 2 heterocycles. The molecule has 166 valence electrons. The van der Waals surface area contributed by atoms with Crippen molar-refractivity contribution in [3.05, 3.63) is 65.9 Å². The predicted octanol–water partition coefficient (Wildman–Crippen LogP) is 2.74. The van der Waals surface area contributed by atoms with E-state index in [9.17, 15) is 14.4 Å². The fourth-order valence-corrected chi connectivity index (χ4v) is 3.96. The Morgan fingerprint density at radius 3 is 2.72 bits per heavy atom. The van der Waals surface area contributed by atoms with E-state index in [0.717, 1.165) is 22.0 Å². The number of hydrogen-bond donors (Lipinski definition) is 3. The largest absolute Gasteiger partial charge is 0.496 e. The van der Waals surface area contributed by atoms with Gasteiger partial charge in [0.25, 0.3) is 5.91 Å². The van der Waals surface area contributed by atoms with Gasteiger partial charge in [0.2, 0.25) is 5.91 Å². The van der Waals surface area contributed by atoms with E-state index < -0.39 is 12.1 Å². The van der Waals surface area contributed by atoms with E-state index in [1.54, 1.807) is 7.11 Å². The molecule has 2 aromatic carbocycles. The van der Waals surface area contributed by atoms with Crippen LogP contribution in [0.1, 0.15) is 24.0 Å². The van der Waals surface area contributed by atoms with Crippen LogP contribution < -0.4 is 15.4 Å². The van der Waals surface area contributed by atoms with Crippen molar-refractivity contribution in [1.29, 1.82) is 0 Å². The molecule has 1 saturated heterocycles. The number of imide groups is 1. The van der Waals surface area contributed by atoms with Gasteiger partial charge < -0.3 is 20.4 Å². The standard InChI is InChI=1S/C24H26N4O4/c1-32-21-9-5-2-6-17(21)15-26-22(29)11-10-20-23(30)28(24(31)27-20)13-12-16-14-25-19-8-4-3-7-18(16)19/h2-9,14,20,25H,10-13,15H2,1H3,(H,26,29)(H,27,31)/t20-/m1/s1. The summed E-state index contributed by atoms with van der Waals surface area (Å²) in [6.45, 7) is 0.633. The van der Waals surface area contributed by atoms with E-state index >= 15 is 0 Å². The van der Waals surface area contributed by atoms with Gasteiger partial charge in [0.15, 0.2) is 0 Å². The van der Waals surface area contributed by atoms with Crippen LogP contribution in [0.15, 0.2) is 54.7 Å². The van der Waals surface area contributed by atoms with E-state index in [0.29, 0.717) is 25.3 Å². The predicted molar refractivity (Wildman–Crippen MR) is 120 cm³/mol. The maximum Gasteiger partial charge on any atom is 0.324 e. The third-order valence-electron chi connectivity index (χ3n) is 5.72. The summed E-state index contributed by atoms with van der Waals surface area (Å²) in [5.74, 6) is 0.236. The Morgan fingerprint density at radius 2 is 1.88 bits per heavy atom. The first-order chi connectivity index (χ1) is 15.6. The van der Waals surface area contributed by atoms with Crippen molar-refractivity contribution in [3.63, 3.8) is 0 Å². The quantitative estimate of drug-likeness (QED) is 0.451. The van der Waals surface area contributed by atoms with Crippen molar-refractivity contribution >= 4 is 28.7 Å². The van der Waals surface area contributed by atoms with Gasteiger partial charge in [0, 0.05) is 42.2 Å². The molecule has 4 amide bonds. The zero-order valence-electron chi connectivity index (χ0n) is 17.9. The Balaban J connectivity index is 1.26. The maximum atomic E-state index is 12.7. The highest BCUT2D eigenvalue weighted by Gasteiger charge is 2.37. The van der Waals surface area contributed by atoms with Crippen LogP contribution >= 0.6 is 0 Å². The maximum absolute atomic E-state index is 12.7. The number of hydrogen-bond acceptors (Lipinski definition) is 4. The lowest BCUT2D eigenvalue weighted by molar-refractivity contribution is -0.127. The fourth-order valence-electron chi connectivity index (χ4n) is 3.96. The van der Waals surface area contributed by atoms with Crippen LogP contribution in [0.3, 0.4) is 0 Å². The number of methoxy groups -OCH3 is 1. The summed E-state index contributed by atoms with van der Waals surface area (Å²) in [4.78, 5) is 41.7. The molecular formula is C24H26N4O4. The molecule has 1 aliphatic rings. The Kier molecular flexibility index (Phi) is 6.39. The van der Waals surface area contributed by atoms with Crippen molar-refractivity contribution in [1.82, 2.24) is 20.5 Å². The Morgan fingerprint density at radius 1 is 1.09 bits per heavy atom. The van der Waals surface area contributed by atoms with Crippen molar-refractivity contribution in [2.45, 2.75) is 31.8 Å². The first kappa shape index (κ1) is 21.4. The molecule has 8 nitrogen and oxygen atoms in total. The summed E-state index contributed by atoms with van der Waals surface area (Å²) < 4.78 is 5.28. The second-order valence-corrected chi connectivity index (χ2v) is 7.73. The van der Waals surface area contributed by atoms with Crippen molar-refractivity contribution in [3.8, 4) is 5.75 Å². The van der Waals surface area contributed by atoms with Gasteiger partial charge in [-0.3, -0.25) is 14.5 Å². The molecule has 0 radical (unpaired) electrons. The molecule has 0 spiro atoms. The molecule has 0 aliphatic carbocycles. The Labute approximate surface area is 185 Å². The molecule has 8 heteroatoms. The number of para-hydroxylation sites is 2. The lowest BCUT2D eigenvalue weighted by Gasteiger charge is -2.13. The summed E-state index contributed by atoms with van der Waals surface area (Å²) in [6, 6.07) is 14.3. The molecule has 3 N–H and O–H groups in total. The van der Waals surface area contributed by atoms with E-state index in [1.807, 2.05) is 54.7 Å². The molecule has 4 rings (SSSR count). The molecule has 0 bridgehead atoms. The second kappa shape index (κ2) is 9.55. The molecule has 0 unspecified atom stereocenters. The lowest BCUT2D eigenvalue weighted by Crippen LogP contribution is -2.34.